The Bertz CT molecular complexity index is 473. The van der Waals surface area contributed by atoms with Crippen LogP contribution in [0.1, 0.15) is 0 Å². The molecule has 0 unspecified atom stereocenters. The largest absolute Gasteiger partial charge is 0.479 e. The molecule has 0 saturated carbocycles. The van der Waals surface area contributed by atoms with E-state index in [1.807, 2.05) is 18.2 Å². The van der Waals surface area contributed by atoms with Crippen molar-refractivity contribution in [2.45, 2.75) is 0 Å². The van der Waals surface area contributed by atoms with Crippen molar-refractivity contribution in [2.75, 3.05) is 6.73 Å². The van der Waals surface area contributed by atoms with Gasteiger partial charge in [-0.3, -0.25) is 5.73 Å². The van der Waals surface area contributed by atoms with Crippen molar-refractivity contribution in [3.8, 4) is 5.75 Å². The molecule has 4 nitrogen and oxygen atoms in total. The molecule has 0 aliphatic heterocycles. The number of fused-ring (bicyclic) bond motifs is 1. The third-order valence-electron chi connectivity index (χ3n) is 1.74. The molecule has 1 heterocycles. The first-order valence-electron chi connectivity index (χ1n) is 3.84. The van der Waals surface area contributed by atoms with E-state index in [9.17, 15) is 0 Å². The summed E-state index contributed by atoms with van der Waals surface area (Å²) in [4.78, 5) is 6.00. The van der Waals surface area contributed by atoms with Crippen LogP contribution in [0.5, 0.6) is 5.75 Å². The molecule has 0 saturated heterocycles. The molecular weight excluding hydrogens is 186 g/mol. The summed E-state index contributed by atoms with van der Waals surface area (Å²) >= 11 is 4.94. The molecule has 0 radical (unpaired) electrons. The minimum Gasteiger partial charge on any atom is -0.479 e. The van der Waals surface area contributed by atoms with Crippen molar-refractivity contribution in [3.05, 3.63) is 23.0 Å². The Labute approximate surface area is 79.7 Å². The second-order valence-electron chi connectivity index (χ2n) is 2.60. The maximum absolute atomic E-state index is 5.25. The molecule has 13 heavy (non-hydrogen) atoms. The molecule has 68 valence electrons. The summed E-state index contributed by atoms with van der Waals surface area (Å²) in [7, 11) is 0. The summed E-state index contributed by atoms with van der Waals surface area (Å²) in [5.74, 6) is 0.736. The number of hydrogen-bond acceptors (Lipinski definition) is 3. The van der Waals surface area contributed by atoms with E-state index in [-0.39, 0.29) is 6.73 Å². The van der Waals surface area contributed by atoms with E-state index in [1.165, 1.54) is 0 Å². The smallest absolute Gasteiger partial charge is 0.175 e. The lowest BCUT2D eigenvalue weighted by Crippen LogP contribution is -2.06. The number of nitrogens with one attached hydrogen (secondary N) is 2. The van der Waals surface area contributed by atoms with E-state index >= 15 is 0 Å². The number of hydrogen-bond donors (Lipinski definition) is 3. The number of ether oxygens (including phenoxy) is 1. The minimum atomic E-state index is 0.177. The standard InChI is InChI=1S/C8H9N3OS/c9-4-12-5-1-2-6-7(3-5)11-8(13)10-6/h1-3H,4,9H2,(H2,10,11,13). The van der Waals surface area contributed by atoms with Crippen LogP contribution in [0.25, 0.3) is 11.0 Å². The number of imidazole rings is 1. The predicted octanol–water partition coefficient (Wildman–Crippen LogP) is 1.52. The maximum atomic E-state index is 5.25. The Morgan fingerprint density at radius 2 is 2.08 bits per heavy atom. The normalized spacial score (nSPS) is 10.5. The van der Waals surface area contributed by atoms with Gasteiger partial charge in [-0.15, -0.1) is 0 Å². The van der Waals surface area contributed by atoms with Gasteiger partial charge in [0.1, 0.15) is 12.5 Å². The molecule has 0 amide bonds. The van der Waals surface area contributed by atoms with Gasteiger partial charge in [0.05, 0.1) is 11.0 Å². The van der Waals surface area contributed by atoms with Crippen molar-refractivity contribution in [2.24, 2.45) is 5.73 Å². The maximum Gasteiger partial charge on any atom is 0.175 e. The molecule has 2 aromatic rings. The van der Waals surface area contributed by atoms with E-state index in [4.69, 9.17) is 22.7 Å². The van der Waals surface area contributed by atoms with E-state index in [0.717, 1.165) is 16.8 Å². The summed E-state index contributed by atoms with van der Waals surface area (Å²) in [6, 6.07) is 5.59. The van der Waals surface area contributed by atoms with Crippen LogP contribution >= 0.6 is 12.2 Å². The molecule has 2 rings (SSSR count). The van der Waals surface area contributed by atoms with Crippen LogP contribution in [0.3, 0.4) is 0 Å². The number of benzene rings is 1. The van der Waals surface area contributed by atoms with Crippen molar-refractivity contribution in [1.29, 1.82) is 0 Å². The number of nitrogens with two attached hydrogens (primary N) is 1. The lowest BCUT2D eigenvalue weighted by Gasteiger charge is -2.00. The van der Waals surface area contributed by atoms with Crippen molar-refractivity contribution < 1.29 is 4.74 Å². The second-order valence-corrected chi connectivity index (χ2v) is 3.01. The molecule has 5 heteroatoms. The summed E-state index contributed by atoms with van der Waals surface area (Å²) in [5, 5.41) is 0. The van der Waals surface area contributed by atoms with Crippen molar-refractivity contribution >= 4 is 23.3 Å². The molecule has 1 aromatic carbocycles. The van der Waals surface area contributed by atoms with Crippen LogP contribution in [0, 0.1) is 4.77 Å². The zero-order valence-corrected chi connectivity index (χ0v) is 7.65. The molecular formula is C8H9N3OS. The Hall–Kier alpha value is -1.33. The van der Waals surface area contributed by atoms with Gasteiger partial charge in [-0.25, -0.2) is 0 Å². The van der Waals surface area contributed by atoms with Gasteiger partial charge in [0.25, 0.3) is 0 Å². The van der Waals surface area contributed by atoms with Gasteiger partial charge in [0.15, 0.2) is 4.77 Å². The Balaban J connectivity index is 2.54. The molecule has 0 fully saturated rings. The highest BCUT2D eigenvalue weighted by atomic mass is 32.1. The van der Waals surface area contributed by atoms with Crippen LogP contribution in [-0.4, -0.2) is 16.7 Å². The molecule has 1 aromatic heterocycles. The lowest BCUT2D eigenvalue weighted by molar-refractivity contribution is 0.330. The first-order chi connectivity index (χ1) is 6.29. The van der Waals surface area contributed by atoms with Gasteiger partial charge in [0.2, 0.25) is 0 Å². The fourth-order valence-corrected chi connectivity index (χ4v) is 1.42. The summed E-state index contributed by atoms with van der Waals surface area (Å²) in [5.41, 5.74) is 7.14. The van der Waals surface area contributed by atoms with E-state index in [0.29, 0.717) is 4.77 Å². The Morgan fingerprint density at radius 3 is 2.85 bits per heavy atom. The van der Waals surface area contributed by atoms with Gasteiger partial charge < -0.3 is 14.7 Å². The third-order valence-corrected chi connectivity index (χ3v) is 1.94. The van der Waals surface area contributed by atoms with Gasteiger partial charge in [-0.1, -0.05) is 0 Å². The van der Waals surface area contributed by atoms with Crippen molar-refractivity contribution in [3.63, 3.8) is 0 Å². The van der Waals surface area contributed by atoms with Crippen LogP contribution in [0.4, 0.5) is 0 Å². The third kappa shape index (κ3) is 1.56. The average molecular weight is 195 g/mol. The van der Waals surface area contributed by atoms with Gasteiger partial charge in [-0.05, 0) is 24.4 Å². The molecule has 0 aliphatic carbocycles. The fourth-order valence-electron chi connectivity index (χ4n) is 1.20. The summed E-state index contributed by atoms with van der Waals surface area (Å²) < 4.78 is 5.74. The van der Waals surface area contributed by atoms with E-state index < -0.39 is 0 Å². The van der Waals surface area contributed by atoms with Gasteiger partial charge >= 0.3 is 0 Å². The van der Waals surface area contributed by atoms with Gasteiger partial charge in [0, 0.05) is 6.07 Å². The molecule has 0 atom stereocenters. The number of H-pyrrole nitrogens is 2. The Kier molecular flexibility index (Phi) is 2.03. The zero-order valence-electron chi connectivity index (χ0n) is 6.83. The highest BCUT2D eigenvalue weighted by Crippen LogP contribution is 2.17. The predicted molar refractivity (Wildman–Crippen MR) is 53.2 cm³/mol. The number of rotatable bonds is 2. The monoisotopic (exact) mass is 195 g/mol. The lowest BCUT2D eigenvalue weighted by atomic mass is 10.3. The van der Waals surface area contributed by atoms with E-state index in [2.05, 4.69) is 9.97 Å². The summed E-state index contributed by atoms with van der Waals surface area (Å²) in [6.07, 6.45) is 0. The molecule has 0 aliphatic rings. The topological polar surface area (TPSA) is 66.8 Å². The van der Waals surface area contributed by atoms with E-state index in [1.54, 1.807) is 0 Å². The minimum absolute atomic E-state index is 0.177. The molecule has 0 spiro atoms. The fraction of sp³-hybridized carbons (Fsp3) is 0.125. The number of aromatic amines is 2. The first-order valence-corrected chi connectivity index (χ1v) is 4.25. The van der Waals surface area contributed by atoms with Crippen LogP contribution in [-0.2, 0) is 0 Å². The highest BCUT2D eigenvalue weighted by Gasteiger charge is 1.97. The van der Waals surface area contributed by atoms with Gasteiger partial charge in [-0.2, -0.15) is 0 Å². The zero-order chi connectivity index (χ0) is 9.26. The average Bonchev–Trinajstić information content (AvgIpc) is 2.44. The van der Waals surface area contributed by atoms with Crippen LogP contribution in [0.2, 0.25) is 0 Å². The molecule has 0 bridgehead atoms. The number of aromatic nitrogens is 2. The summed E-state index contributed by atoms with van der Waals surface area (Å²) in [6.45, 7) is 0.177. The van der Waals surface area contributed by atoms with Crippen molar-refractivity contribution in [1.82, 2.24) is 9.97 Å². The molecule has 4 N–H and O–H groups in total. The SMILES string of the molecule is NCOc1ccc2[nH]c(=S)[nH]c2c1. The van der Waals surface area contributed by atoms with Crippen LogP contribution < -0.4 is 10.5 Å². The first kappa shape index (κ1) is 8.28. The van der Waals surface area contributed by atoms with Crippen LogP contribution in [0.15, 0.2) is 18.2 Å². The highest BCUT2D eigenvalue weighted by molar-refractivity contribution is 7.71. The second kappa shape index (κ2) is 3.20. The quantitative estimate of drug-likeness (QED) is 0.502. The Morgan fingerprint density at radius 1 is 1.31 bits per heavy atom.